The van der Waals surface area contributed by atoms with Gasteiger partial charge in [-0.05, 0) is 51.2 Å². The highest BCUT2D eigenvalue weighted by molar-refractivity contribution is 5.97. The van der Waals surface area contributed by atoms with Gasteiger partial charge < -0.3 is 15.1 Å². The minimum Gasteiger partial charge on any atom is -0.343 e. The van der Waals surface area contributed by atoms with Gasteiger partial charge >= 0.3 is 0 Å². The highest BCUT2D eigenvalue weighted by Gasteiger charge is 2.42. The molecular formula is C16H29N3O2. The smallest absolute Gasteiger partial charge is 0.245 e. The number of nitrogens with zero attached hydrogens (tertiary/aromatic N) is 2. The lowest BCUT2D eigenvalue weighted by atomic mass is 9.91. The van der Waals surface area contributed by atoms with Crippen LogP contribution in [0.5, 0.6) is 0 Å². The van der Waals surface area contributed by atoms with E-state index in [0.717, 1.165) is 32.5 Å². The number of amides is 2. The topological polar surface area (TPSA) is 52.7 Å². The molecule has 2 saturated heterocycles. The van der Waals surface area contributed by atoms with Crippen molar-refractivity contribution in [1.82, 2.24) is 15.1 Å². The molecule has 2 atom stereocenters. The molecule has 120 valence electrons. The highest BCUT2D eigenvalue weighted by atomic mass is 16.2. The summed E-state index contributed by atoms with van der Waals surface area (Å²) in [6.45, 7) is 8.90. The second-order valence-corrected chi connectivity index (χ2v) is 6.90. The van der Waals surface area contributed by atoms with Crippen LogP contribution >= 0.6 is 0 Å². The van der Waals surface area contributed by atoms with E-state index < -0.39 is 0 Å². The Labute approximate surface area is 128 Å². The third kappa shape index (κ3) is 3.57. The van der Waals surface area contributed by atoms with Gasteiger partial charge in [-0.25, -0.2) is 0 Å². The first-order valence-corrected chi connectivity index (χ1v) is 8.23. The van der Waals surface area contributed by atoms with E-state index in [2.05, 4.69) is 17.3 Å². The molecule has 5 nitrogen and oxygen atoms in total. The molecule has 0 aromatic carbocycles. The predicted octanol–water partition coefficient (Wildman–Crippen LogP) is 1.09. The molecule has 1 N–H and O–H groups in total. The van der Waals surface area contributed by atoms with Crippen LogP contribution in [0, 0.1) is 11.8 Å². The number of piperidine rings is 1. The second kappa shape index (κ2) is 6.77. The van der Waals surface area contributed by atoms with Crippen LogP contribution < -0.4 is 5.32 Å². The van der Waals surface area contributed by atoms with Crippen molar-refractivity contribution in [3.05, 3.63) is 0 Å². The zero-order valence-electron chi connectivity index (χ0n) is 13.8. The van der Waals surface area contributed by atoms with Gasteiger partial charge in [-0.15, -0.1) is 0 Å². The van der Waals surface area contributed by atoms with Gasteiger partial charge in [0.15, 0.2) is 0 Å². The van der Waals surface area contributed by atoms with Crippen molar-refractivity contribution in [2.24, 2.45) is 11.8 Å². The zero-order valence-corrected chi connectivity index (χ0v) is 13.8. The van der Waals surface area contributed by atoms with Crippen molar-refractivity contribution < 1.29 is 9.59 Å². The Bertz CT molecular complexity index is 389. The van der Waals surface area contributed by atoms with Crippen molar-refractivity contribution in [1.29, 1.82) is 0 Å². The molecule has 0 aromatic heterocycles. The Morgan fingerprint density at radius 3 is 2.38 bits per heavy atom. The maximum atomic E-state index is 12.7. The van der Waals surface area contributed by atoms with E-state index in [0.29, 0.717) is 12.3 Å². The zero-order chi connectivity index (χ0) is 15.6. The minimum atomic E-state index is -0.334. The van der Waals surface area contributed by atoms with E-state index in [9.17, 15) is 9.59 Å². The summed E-state index contributed by atoms with van der Waals surface area (Å²) in [5.74, 6) is 0.798. The van der Waals surface area contributed by atoms with E-state index in [1.165, 1.54) is 0 Å². The van der Waals surface area contributed by atoms with Gasteiger partial charge in [0.25, 0.3) is 0 Å². The fourth-order valence-corrected chi connectivity index (χ4v) is 3.46. The van der Waals surface area contributed by atoms with Crippen molar-refractivity contribution in [2.45, 2.75) is 52.1 Å². The summed E-state index contributed by atoms with van der Waals surface area (Å²) in [5, 5.41) is 2.88. The SMILES string of the molecule is CCC1NC(=O)C(C(C)C)N(CC2CCN(C)CC2)C1=O. The molecule has 2 aliphatic rings. The molecule has 0 aromatic rings. The summed E-state index contributed by atoms with van der Waals surface area (Å²) < 4.78 is 0. The second-order valence-electron chi connectivity index (χ2n) is 6.90. The molecule has 2 amide bonds. The van der Waals surface area contributed by atoms with E-state index in [1.54, 1.807) is 0 Å². The first kappa shape index (κ1) is 16.3. The number of hydrogen-bond donors (Lipinski definition) is 1. The average Bonchev–Trinajstić information content (AvgIpc) is 2.44. The third-order valence-electron chi connectivity index (χ3n) is 4.83. The summed E-state index contributed by atoms with van der Waals surface area (Å²) in [5.41, 5.74) is 0. The molecule has 0 spiro atoms. The Hall–Kier alpha value is -1.10. The van der Waals surface area contributed by atoms with Gasteiger partial charge in [-0.2, -0.15) is 0 Å². The van der Waals surface area contributed by atoms with Gasteiger partial charge in [0, 0.05) is 6.54 Å². The Kier molecular flexibility index (Phi) is 5.25. The maximum absolute atomic E-state index is 12.7. The maximum Gasteiger partial charge on any atom is 0.245 e. The van der Waals surface area contributed by atoms with Crippen molar-refractivity contribution in [2.75, 3.05) is 26.7 Å². The van der Waals surface area contributed by atoms with Crippen LogP contribution in [0.2, 0.25) is 0 Å². The Balaban J connectivity index is 2.10. The van der Waals surface area contributed by atoms with Gasteiger partial charge in [-0.1, -0.05) is 20.8 Å². The molecule has 5 heteroatoms. The summed E-state index contributed by atoms with van der Waals surface area (Å²) in [4.78, 5) is 29.2. The number of carbonyl (C=O) groups excluding carboxylic acids is 2. The van der Waals surface area contributed by atoms with E-state index in [4.69, 9.17) is 0 Å². The minimum absolute atomic E-state index is 0.0179. The summed E-state index contributed by atoms with van der Waals surface area (Å²) >= 11 is 0. The molecule has 0 radical (unpaired) electrons. The Morgan fingerprint density at radius 2 is 1.86 bits per heavy atom. The molecule has 2 heterocycles. The fraction of sp³-hybridized carbons (Fsp3) is 0.875. The number of nitrogens with one attached hydrogen (secondary N) is 1. The number of piperazine rings is 1. The van der Waals surface area contributed by atoms with Crippen LogP contribution in [-0.4, -0.2) is 60.4 Å². The van der Waals surface area contributed by atoms with E-state index in [1.807, 2.05) is 25.7 Å². The molecular weight excluding hydrogens is 266 g/mol. The highest BCUT2D eigenvalue weighted by Crippen LogP contribution is 2.24. The van der Waals surface area contributed by atoms with Crippen LogP contribution in [0.15, 0.2) is 0 Å². The standard InChI is InChI=1S/C16H29N3O2/c1-5-13-16(21)19(14(11(2)3)15(20)17-13)10-12-6-8-18(4)9-7-12/h11-14H,5-10H2,1-4H3,(H,17,20). The first-order valence-electron chi connectivity index (χ1n) is 8.23. The van der Waals surface area contributed by atoms with Crippen molar-refractivity contribution >= 4 is 11.8 Å². The van der Waals surface area contributed by atoms with Crippen LogP contribution in [0.3, 0.4) is 0 Å². The van der Waals surface area contributed by atoms with Crippen LogP contribution in [0.1, 0.15) is 40.0 Å². The lowest BCUT2D eigenvalue weighted by Gasteiger charge is -2.43. The van der Waals surface area contributed by atoms with E-state index >= 15 is 0 Å². The summed E-state index contributed by atoms with van der Waals surface area (Å²) in [7, 11) is 2.14. The van der Waals surface area contributed by atoms with Crippen LogP contribution in [0.25, 0.3) is 0 Å². The normalized spacial score (nSPS) is 29.1. The molecule has 21 heavy (non-hydrogen) atoms. The monoisotopic (exact) mass is 295 g/mol. The van der Waals surface area contributed by atoms with Gasteiger partial charge in [0.05, 0.1) is 0 Å². The summed E-state index contributed by atoms with van der Waals surface area (Å²) in [6, 6.07) is -0.640. The molecule has 0 saturated carbocycles. The lowest BCUT2D eigenvalue weighted by molar-refractivity contribution is -0.152. The van der Waals surface area contributed by atoms with Crippen LogP contribution in [-0.2, 0) is 9.59 Å². The number of rotatable bonds is 4. The average molecular weight is 295 g/mol. The molecule has 2 unspecified atom stereocenters. The summed E-state index contributed by atoms with van der Waals surface area (Å²) in [6.07, 6.45) is 2.90. The molecule has 2 aliphatic heterocycles. The number of carbonyl (C=O) groups is 2. The van der Waals surface area contributed by atoms with Gasteiger partial charge in [0.1, 0.15) is 12.1 Å². The Morgan fingerprint density at radius 1 is 1.24 bits per heavy atom. The fourth-order valence-electron chi connectivity index (χ4n) is 3.46. The largest absolute Gasteiger partial charge is 0.343 e. The molecule has 0 bridgehead atoms. The van der Waals surface area contributed by atoms with Crippen LogP contribution in [0.4, 0.5) is 0 Å². The molecule has 2 rings (SSSR count). The predicted molar refractivity (Wildman–Crippen MR) is 82.8 cm³/mol. The quantitative estimate of drug-likeness (QED) is 0.845. The molecule has 0 aliphatic carbocycles. The van der Waals surface area contributed by atoms with Gasteiger partial charge in [-0.3, -0.25) is 9.59 Å². The first-order chi connectivity index (χ1) is 9.93. The van der Waals surface area contributed by atoms with Gasteiger partial charge in [0.2, 0.25) is 11.8 Å². The van der Waals surface area contributed by atoms with E-state index in [-0.39, 0.29) is 29.8 Å². The third-order valence-corrected chi connectivity index (χ3v) is 4.83. The number of hydrogen-bond acceptors (Lipinski definition) is 3. The number of likely N-dealkylation sites (tertiary alicyclic amines) is 1. The lowest BCUT2D eigenvalue weighted by Crippen LogP contribution is -2.65. The molecule has 2 fully saturated rings. The van der Waals surface area contributed by atoms with Crippen molar-refractivity contribution in [3.63, 3.8) is 0 Å². The van der Waals surface area contributed by atoms with Crippen molar-refractivity contribution in [3.8, 4) is 0 Å².